The summed E-state index contributed by atoms with van der Waals surface area (Å²) in [7, 11) is 0. The SMILES string of the molecule is c1ccc2nc(COc3ccc(Cc4nnn[nH]4)cc3)ccc2c1. The minimum atomic E-state index is 0.441. The molecule has 6 heteroatoms. The van der Waals surface area contributed by atoms with Crippen LogP contribution in [0, 0.1) is 0 Å². The molecule has 0 amide bonds. The lowest BCUT2D eigenvalue weighted by Crippen LogP contribution is -1.98. The summed E-state index contributed by atoms with van der Waals surface area (Å²) in [5, 5.41) is 14.9. The van der Waals surface area contributed by atoms with Gasteiger partial charge in [-0.25, -0.2) is 10.1 Å². The predicted molar refractivity (Wildman–Crippen MR) is 89.5 cm³/mol. The van der Waals surface area contributed by atoms with Crippen molar-refractivity contribution in [3.8, 4) is 5.75 Å². The maximum Gasteiger partial charge on any atom is 0.152 e. The number of pyridine rings is 1. The fraction of sp³-hybridized carbons (Fsp3) is 0.111. The second-order valence-corrected chi connectivity index (χ2v) is 5.45. The number of aromatic amines is 1. The molecule has 4 aromatic rings. The molecular weight excluding hydrogens is 302 g/mol. The number of hydrogen-bond acceptors (Lipinski definition) is 5. The van der Waals surface area contributed by atoms with Crippen LogP contribution in [0.1, 0.15) is 17.1 Å². The molecule has 0 bridgehead atoms. The number of hydrogen-bond donors (Lipinski definition) is 1. The first-order valence-corrected chi connectivity index (χ1v) is 7.66. The van der Waals surface area contributed by atoms with Gasteiger partial charge in [0.25, 0.3) is 0 Å². The lowest BCUT2D eigenvalue weighted by molar-refractivity contribution is 0.301. The van der Waals surface area contributed by atoms with Gasteiger partial charge in [0.15, 0.2) is 5.82 Å². The highest BCUT2D eigenvalue weighted by molar-refractivity contribution is 5.78. The van der Waals surface area contributed by atoms with Crippen molar-refractivity contribution < 1.29 is 4.74 Å². The molecule has 2 aromatic heterocycles. The van der Waals surface area contributed by atoms with Gasteiger partial charge in [0.2, 0.25) is 0 Å². The molecule has 0 aliphatic carbocycles. The number of aromatic nitrogens is 5. The van der Waals surface area contributed by atoms with Crippen LogP contribution in [0.3, 0.4) is 0 Å². The van der Waals surface area contributed by atoms with Crippen LogP contribution < -0.4 is 4.74 Å². The second-order valence-electron chi connectivity index (χ2n) is 5.45. The molecule has 0 saturated carbocycles. The third-order valence-electron chi connectivity index (χ3n) is 3.73. The molecule has 0 radical (unpaired) electrons. The summed E-state index contributed by atoms with van der Waals surface area (Å²) >= 11 is 0. The molecule has 0 aliphatic rings. The van der Waals surface area contributed by atoms with E-state index in [1.54, 1.807) is 0 Å². The molecule has 0 atom stereocenters. The van der Waals surface area contributed by atoms with Crippen LogP contribution in [-0.4, -0.2) is 25.6 Å². The first-order valence-electron chi connectivity index (χ1n) is 7.66. The number of rotatable bonds is 5. The first-order chi connectivity index (χ1) is 11.9. The number of ether oxygens (including phenoxy) is 1. The van der Waals surface area contributed by atoms with Gasteiger partial charge in [-0.3, -0.25) is 0 Å². The Hall–Kier alpha value is -3.28. The quantitative estimate of drug-likeness (QED) is 0.612. The van der Waals surface area contributed by atoms with Crippen molar-refractivity contribution in [3.05, 3.63) is 77.7 Å². The number of fused-ring (bicyclic) bond motifs is 1. The molecule has 0 fully saturated rings. The van der Waals surface area contributed by atoms with Gasteiger partial charge < -0.3 is 4.74 Å². The summed E-state index contributed by atoms with van der Waals surface area (Å²) < 4.78 is 5.82. The van der Waals surface area contributed by atoms with Gasteiger partial charge in [-0.05, 0) is 40.3 Å². The molecule has 24 heavy (non-hydrogen) atoms. The van der Waals surface area contributed by atoms with Crippen molar-refractivity contribution in [1.29, 1.82) is 0 Å². The Morgan fingerprint density at radius 1 is 0.917 bits per heavy atom. The number of tetrazole rings is 1. The first kappa shape index (κ1) is 14.3. The molecule has 2 heterocycles. The summed E-state index contributed by atoms with van der Waals surface area (Å²) in [5.41, 5.74) is 3.00. The van der Waals surface area contributed by atoms with Gasteiger partial charge in [-0.1, -0.05) is 36.4 Å². The fourth-order valence-corrected chi connectivity index (χ4v) is 2.50. The molecule has 2 aromatic carbocycles. The zero-order valence-corrected chi connectivity index (χ0v) is 12.9. The minimum absolute atomic E-state index is 0.441. The van der Waals surface area contributed by atoms with Gasteiger partial charge in [-0.2, -0.15) is 0 Å². The Morgan fingerprint density at radius 2 is 1.79 bits per heavy atom. The lowest BCUT2D eigenvalue weighted by atomic mass is 10.1. The zero-order chi connectivity index (χ0) is 16.2. The van der Waals surface area contributed by atoms with Crippen LogP contribution in [0.2, 0.25) is 0 Å². The van der Waals surface area contributed by atoms with E-state index in [9.17, 15) is 0 Å². The van der Waals surface area contributed by atoms with Gasteiger partial charge >= 0.3 is 0 Å². The summed E-state index contributed by atoms with van der Waals surface area (Å²) in [5.74, 6) is 1.55. The number of benzene rings is 2. The summed E-state index contributed by atoms with van der Waals surface area (Å²) in [4.78, 5) is 4.61. The normalized spacial score (nSPS) is 10.8. The Kier molecular flexibility index (Phi) is 3.85. The topological polar surface area (TPSA) is 76.6 Å². The van der Waals surface area contributed by atoms with Gasteiger partial charge in [0.05, 0.1) is 11.2 Å². The molecule has 0 saturated heterocycles. The summed E-state index contributed by atoms with van der Waals surface area (Å²) in [6.45, 7) is 0.441. The third kappa shape index (κ3) is 3.22. The lowest BCUT2D eigenvalue weighted by Gasteiger charge is -2.07. The molecule has 4 rings (SSSR count). The Balaban J connectivity index is 1.41. The van der Waals surface area contributed by atoms with Crippen LogP contribution in [-0.2, 0) is 13.0 Å². The van der Waals surface area contributed by atoms with E-state index in [2.05, 4.69) is 37.7 Å². The monoisotopic (exact) mass is 317 g/mol. The van der Waals surface area contributed by atoms with E-state index in [1.807, 2.05) is 48.5 Å². The highest BCUT2D eigenvalue weighted by atomic mass is 16.5. The predicted octanol–water partition coefficient (Wildman–Crippen LogP) is 2.92. The third-order valence-corrected chi connectivity index (χ3v) is 3.73. The largest absolute Gasteiger partial charge is 0.487 e. The van der Waals surface area contributed by atoms with Crippen molar-refractivity contribution in [2.45, 2.75) is 13.0 Å². The molecule has 0 aliphatic heterocycles. The Labute approximate surface area is 138 Å². The van der Waals surface area contributed by atoms with E-state index in [0.717, 1.165) is 33.7 Å². The van der Waals surface area contributed by atoms with Crippen LogP contribution in [0.15, 0.2) is 60.7 Å². The summed E-state index contributed by atoms with van der Waals surface area (Å²) in [6.07, 6.45) is 0.666. The van der Waals surface area contributed by atoms with Crippen molar-refractivity contribution in [3.63, 3.8) is 0 Å². The highest BCUT2D eigenvalue weighted by Crippen LogP contribution is 2.16. The maximum absolute atomic E-state index is 5.82. The molecule has 0 unspecified atom stereocenters. The minimum Gasteiger partial charge on any atom is -0.487 e. The van der Waals surface area contributed by atoms with Crippen molar-refractivity contribution in [2.24, 2.45) is 0 Å². The maximum atomic E-state index is 5.82. The van der Waals surface area contributed by atoms with E-state index in [1.165, 1.54) is 0 Å². The van der Waals surface area contributed by atoms with Gasteiger partial charge in [0, 0.05) is 11.8 Å². The Morgan fingerprint density at radius 3 is 2.62 bits per heavy atom. The molecular formula is C18H15N5O. The molecule has 6 nitrogen and oxygen atoms in total. The fourth-order valence-electron chi connectivity index (χ4n) is 2.50. The molecule has 118 valence electrons. The van der Waals surface area contributed by atoms with E-state index in [-0.39, 0.29) is 0 Å². The van der Waals surface area contributed by atoms with Crippen LogP contribution in [0.25, 0.3) is 10.9 Å². The van der Waals surface area contributed by atoms with Crippen molar-refractivity contribution in [1.82, 2.24) is 25.6 Å². The van der Waals surface area contributed by atoms with Crippen LogP contribution >= 0.6 is 0 Å². The van der Waals surface area contributed by atoms with Crippen LogP contribution in [0.4, 0.5) is 0 Å². The van der Waals surface area contributed by atoms with E-state index in [4.69, 9.17) is 4.74 Å². The molecule has 1 N–H and O–H groups in total. The number of nitrogens with zero attached hydrogens (tertiary/aromatic N) is 4. The number of H-pyrrole nitrogens is 1. The Bertz CT molecular complexity index is 935. The standard InChI is InChI=1S/C18H15N5O/c1-2-4-17-14(3-1)7-8-15(19-17)12-24-16-9-5-13(6-10-16)11-18-20-22-23-21-18/h1-10H,11-12H2,(H,20,21,22,23). The van der Waals surface area contributed by atoms with Crippen molar-refractivity contribution >= 4 is 10.9 Å². The number of para-hydroxylation sites is 1. The van der Waals surface area contributed by atoms with E-state index >= 15 is 0 Å². The smallest absolute Gasteiger partial charge is 0.152 e. The number of nitrogens with one attached hydrogen (secondary N) is 1. The average Bonchev–Trinajstić information content (AvgIpc) is 3.14. The second kappa shape index (κ2) is 6.45. The summed E-state index contributed by atoms with van der Waals surface area (Å²) in [6, 6.07) is 20.0. The van der Waals surface area contributed by atoms with Gasteiger partial charge in [-0.15, -0.1) is 5.10 Å². The zero-order valence-electron chi connectivity index (χ0n) is 12.9. The van der Waals surface area contributed by atoms with Gasteiger partial charge in [0.1, 0.15) is 12.4 Å². The average molecular weight is 317 g/mol. The van der Waals surface area contributed by atoms with E-state index in [0.29, 0.717) is 13.0 Å². The molecule has 0 spiro atoms. The highest BCUT2D eigenvalue weighted by Gasteiger charge is 2.02. The van der Waals surface area contributed by atoms with E-state index < -0.39 is 0 Å². The van der Waals surface area contributed by atoms with Crippen LogP contribution in [0.5, 0.6) is 5.75 Å². The van der Waals surface area contributed by atoms with Crippen molar-refractivity contribution in [2.75, 3.05) is 0 Å².